The molecule has 21 heavy (non-hydrogen) atoms. The molecule has 0 aliphatic carbocycles. The van der Waals surface area contributed by atoms with Gasteiger partial charge in [0.05, 0.1) is 12.5 Å². The van der Waals surface area contributed by atoms with Crippen LogP contribution >= 0.6 is 0 Å². The molecule has 3 atom stereocenters. The first-order valence-corrected chi connectivity index (χ1v) is 6.19. The van der Waals surface area contributed by atoms with Crippen molar-refractivity contribution in [3.8, 4) is 6.01 Å². The average molecular weight is 299 g/mol. The van der Waals surface area contributed by atoms with Crippen LogP contribution in [-0.4, -0.2) is 34.2 Å². The molecular formula is C11H11F2N5O3. The number of azide groups is 1. The molecular weight excluding hydrogens is 288 g/mol. The molecule has 2 bridgehead atoms. The largest absolute Gasteiger partial charge is 0.461 e. The van der Waals surface area contributed by atoms with E-state index in [0.717, 1.165) is 16.8 Å². The van der Waals surface area contributed by atoms with Crippen molar-refractivity contribution in [1.82, 2.24) is 9.55 Å². The van der Waals surface area contributed by atoms with Gasteiger partial charge in [0.2, 0.25) is 6.23 Å². The Balaban J connectivity index is 2.13. The summed E-state index contributed by atoms with van der Waals surface area (Å²) in [5.74, 6) is -4.45. The molecule has 3 heterocycles. The molecule has 1 fully saturated rings. The van der Waals surface area contributed by atoms with Gasteiger partial charge in [-0.3, -0.25) is 9.36 Å². The third-order valence-corrected chi connectivity index (χ3v) is 3.95. The Hall–Kier alpha value is -2.19. The van der Waals surface area contributed by atoms with Crippen LogP contribution in [-0.2, 0) is 4.74 Å². The van der Waals surface area contributed by atoms with Crippen molar-refractivity contribution < 1.29 is 18.3 Å². The zero-order valence-corrected chi connectivity index (χ0v) is 10.9. The van der Waals surface area contributed by atoms with E-state index >= 15 is 0 Å². The maximum atomic E-state index is 14.5. The van der Waals surface area contributed by atoms with E-state index in [1.165, 1.54) is 6.92 Å². The fourth-order valence-corrected chi connectivity index (χ4v) is 2.61. The van der Waals surface area contributed by atoms with E-state index in [1.54, 1.807) is 0 Å². The van der Waals surface area contributed by atoms with E-state index in [4.69, 9.17) is 15.0 Å². The summed E-state index contributed by atoms with van der Waals surface area (Å²) in [4.78, 5) is 17.4. The fraction of sp³-hybridized carbons (Fsp3) is 0.636. The molecule has 0 N–H and O–H groups in total. The second kappa shape index (κ2) is 4.40. The highest BCUT2D eigenvalue weighted by Crippen LogP contribution is 2.54. The summed E-state index contributed by atoms with van der Waals surface area (Å²) in [6.45, 7) is 0.739. The second-order valence-corrected chi connectivity index (χ2v) is 5.06. The quantitative estimate of drug-likeness (QED) is 0.469. The van der Waals surface area contributed by atoms with Crippen molar-refractivity contribution in [2.24, 2.45) is 11.0 Å². The topological polar surface area (TPSA) is 102 Å². The molecule has 0 amide bonds. The third kappa shape index (κ3) is 1.87. The van der Waals surface area contributed by atoms with Crippen LogP contribution in [0.2, 0.25) is 0 Å². The van der Waals surface area contributed by atoms with E-state index in [2.05, 4.69) is 15.0 Å². The van der Waals surface area contributed by atoms with Crippen molar-refractivity contribution in [1.29, 1.82) is 0 Å². The van der Waals surface area contributed by atoms with E-state index < -0.39 is 29.2 Å². The molecule has 0 spiro atoms. The number of fused-ring (bicyclic) bond motifs is 4. The molecule has 112 valence electrons. The predicted molar refractivity (Wildman–Crippen MR) is 65.0 cm³/mol. The van der Waals surface area contributed by atoms with Gasteiger partial charge in [0.1, 0.15) is 12.2 Å². The Labute approximate surface area is 116 Å². The van der Waals surface area contributed by atoms with Crippen molar-refractivity contribution >= 4 is 0 Å². The zero-order chi connectivity index (χ0) is 15.3. The summed E-state index contributed by atoms with van der Waals surface area (Å²) >= 11 is 0. The number of ether oxygens (including phenoxy) is 2. The van der Waals surface area contributed by atoms with Gasteiger partial charge in [-0.25, -0.2) is 8.78 Å². The maximum Gasteiger partial charge on any atom is 0.302 e. The summed E-state index contributed by atoms with van der Waals surface area (Å²) in [6, 6.07) is 0.817. The van der Waals surface area contributed by atoms with Gasteiger partial charge in [-0.1, -0.05) is 12.0 Å². The summed E-state index contributed by atoms with van der Waals surface area (Å²) in [5.41, 5.74) is 6.37. The monoisotopic (exact) mass is 299 g/mol. The van der Waals surface area contributed by atoms with Crippen LogP contribution < -0.4 is 10.3 Å². The fourth-order valence-electron chi connectivity index (χ4n) is 2.61. The lowest BCUT2D eigenvalue weighted by Gasteiger charge is -2.31. The predicted octanol–water partition coefficient (Wildman–Crippen LogP) is 1.48. The van der Waals surface area contributed by atoms with Gasteiger partial charge in [0.15, 0.2) is 0 Å². The number of halogens is 2. The minimum absolute atomic E-state index is 0.234. The molecule has 2 aliphatic rings. The molecule has 8 nitrogen and oxygen atoms in total. The van der Waals surface area contributed by atoms with Crippen LogP contribution in [0.1, 0.15) is 13.2 Å². The number of aromatic nitrogens is 2. The molecule has 10 heteroatoms. The van der Waals surface area contributed by atoms with Crippen LogP contribution in [0.5, 0.6) is 6.01 Å². The molecule has 0 unspecified atom stereocenters. The number of hydrogen-bond donors (Lipinski definition) is 0. The van der Waals surface area contributed by atoms with Gasteiger partial charge in [-0.05, 0) is 5.53 Å². The van der Waals surface area contributed by atoms with Gasteiger partial charge in [-0.2, -0.15) is 4.98 Å². The molecule has 0 aromatic carbocycles. The molecule has 3 rings (SSSR count). The number of alkyl halides is 2. The lowest BCUT2D eigenvalue weighted by Crippen LogP contribution is -2.47. The van der Waals surface area contributed by atoms with Crippen molar-refractivity contribution in [3.63, 3.8) is 0 Å². The third-order valence-electron chi connectivity index (χ3n) is 3.95. The van der Waals surface area contributed by atoms with Gasteiger partial charge < -0.3 is 9.47 Å². The molecule has 0 radical (unpaired) electrons. The first-order valence-electron chi connectivity index (χ1n) is 6.19. The van der Waals surface area contributed by atoms with Gasteiger partial charge >= 0.3 is 6.01 Å². The van der Waals surface area contributed by atoms with Gasteiger partial charge in [-0.15, -0.1) is 0 Å². The summed E-state index contributed by atoms with van der Waals surface area (Å²) in [6.07, 6.45) is -0.503. The molecule has 1 saturated heterocycles. The maximum absolute atomic E-state index is 14.5. The lowest BCUT2D eigenvalue weighted by atomic mass is 9.86. The van der Waals surface area contributed by atoms with Crippen molar-refractivity contribution in [2.75, 3.05) is 13.2 Å². The standard InChI is InChI=1S/C11H11F2N5O3/c1-6-10(4-15-17-14)5-20-9-16-7(19)2-3-18(9)8(21-10)11(6,12)13/h2-3,6,8H,4-5H2,1H3/t6-,8-,10-/m1/s1. The Morgan fingerprint density at radius 1 is 1.67 bits per heavy atom. The normalized spacial score (nSPS) is 32.5. The molecule has 0 saturated carbocycles. The minimum atomic E-state index is -3.22. The van der Waals surface area contributed by atoms with Gasteiger partial charge in [0.25, 0.3) is 11.5 Å². The smallest absolute Gasteiger partial charge is 0.302 e. The first-order chi connectivity index (χ1) is 9.90. The lowest BCUT2D eigenvalue weighted by molar-refractivity contribution is -0.129. The highest BCUT2D eigenvalue weighted by Gasteiger charge is 2.66. The van der Waals surface area contributed by atoms with Crippen molar-refractivity contribution in [2.45, 2.75) is 24.7 Å². The molecule has 1 aromatic rings. The van der Waals surface area contributed by atoms with Gasteiger partial charge in [0, 0.05) is 17.2 Å². The minimum Gasteiger partial charge on any atom is -0.461 e. The summed E-state index contributed by atoms with van der Waals surface area (Å²) < 4.78 is 40.8. The van der Waals surface area contributed by atoms with E-state index in [0.29, 0.717) is 0 Å². The Morgan fingerprint density at radius 2 is 2.43 bits per heavy atom. The first kappa shape index (κ1) is 13.8. The Bertz CT molecular complexity index is 687. The molecule has 1 aromatic heterocycles. The summed E-state index contributed by atoms with van der Waals surface area (Å²) in [5, 5.41) is 3.35. The SMILES string of the molecule is C[C@H]1C(F)(F)[C@H]2O[C@]1(CN=[N+]=[N-])COc1nc(=O)ccn12. The number of nitrogens with zero attached hydrogens (tertiary/aromatic N) is 5. The highest BCUT2D eigenvalue weighted by molar-refractivity contribution is 5.13. The zero-order valence-electron chi connectivity index (χ0n) is 10.9. The highest BCUT2D eigenvalue weighted by atomic mass is 19.3. The average Bonchev–Trinajstić information content (AvgIpc) is 2.59. The van der Waals surface area contributed by atoms with E-state index in [9.17, 15) is 13.6 Å². The van der Waals surface area contributed by atoms with Crippen LogP contribution in [0.15, 0.2) is 22.2 Å². The van der Waals surface area contributed by atoms with Crippen molar-refractivity contribution in [3.05, 3.63) is 33.1 Å². The number of rotatable bonds is 2. The summed E-state index contributed by atoms with van der Waals surface area (Å²) in [7, 11) is 0. The Morgan fingerprint density at radius 3 is 3.14 bits per heavy atom. The van der Waals surface area contributed by atoms with Crippen LogP contribution in [0.25, 0.3) is 10.4 Å². The van der Waals surface area contributed by atoms with E-state index in [-0.39, 0.29) is 19.2 Å². The Kier molecular flexibility index (Phi) is 2.89. The van der Waals surface area contributed by atoms with Crippen LogP contribution in [0.4, 0.5) is 8.78 Å². The molecule has 2 aliphatic heterocycles. The number of hydrogen-bond acceptors (Lipinski definition) is 5. The van der Waals surface area contributed by atoms with E-state index in [1.807, 2.05) is 0 Å². The van der Waals surface area contributed by atoms with Crippen LogP contribution in [0, 0.1) is 5.92 Å². The van der Waals surface area contributed by atoms with Crippen LogP contribution in [0.3, 0.4) is 0 Å². The second-order valence-electron chi connectivity index (χ2n) is 5.06.